The van der Waals surface area contributed by atoms with Crippen LogP contribution in [0.1, 0.15) is 51.5 Å². The van der Waals surface area contributed by atoms with Gasteiger partial charge in [0.25, 0.3) is 0 Å². The van der Waals surface area contributed by atoms with Crippen molar-refractivity contribution < 1.29 is 9.84 Å². The Bertz CT molecular complexity index is 553. The minimum atomic E-state index is -0.699. The second-order valence-corrected chi connectivity index (χ2v) is 6.81. The Morgan fingerprint density at radius 2 is 1.96 bits per heavy atom. The third-order valence-electron chi connectivity index (χ3n) is 5.25. The Hall–Kier alpha value is -1.75. The Balaban J connectivity index is 2.04. The molecule has 25 heavy (non-hydrogen) atoms. The van der Waals surface area contributed by atoms with E-state index in [1.54, 1.807) is 7.11 Å². The van der Waals surface area contributed by atoms with Crippen molar-refractivity contribution in [2.45, 2.75) is 51.6 Å². The van der Waals surface area contributed by atoms with Crippen LogP contribution in [0.15, 0.2) is 29.3 Å². The molecular formula is C20H33N3O2. The SMILES string of the molecule is CCNC(=NCC(O)(CC)CC)N1CCC(c2ccc(OC)cc2)C1. The number of hydrogen-bond acceptors (Lipinski definition) is 3. The first-order valence-corrected chi connectivity index (χ1v) is 9.44. The average molecular weight is 348 g/mol. The molecule has 2 N–H and O–H groups in total. The monoisotopic (exact) mass is 347 g/mol. The molecule has 0 aliphatic carbocycles. The predicted molar refractivity (Wildman–Crippen MR) is 103 cm³/mol. The molecule has 0 radical (unpaired) electrons. The summed E-state index contributed by atoms with van der Waals surface area (Å²) in [6.07, 6.45) is 2.56. The van der Waals surface area contributed by atoms with Crippen LogP contribution in [0.25, 0.3) is 0 Å². The third kappa shape index (κ3) is 5.11. The van der Waals surface area contributed by atoms with Crippen molar-refractivity contribution in [3.63, 3.8) is 0 Å². The van der Waals surface area contributed by atoms with Gasteiger partial charge in [0.15, 0.2) is 5.96 Å². The van der Waals surface area contributed by atoms with Crippen molar-refractivity contribution in [2.24, 2.45) is 4.99 Å². The summed E-state index contributed by atoms with van der Waals surface area (Å²) in [5, 5.41) is 13.9. The van der Waals surface area contributed by atoms with Gasteiger partial charge in [-0.05, 0) is 43.9 Å². The van der Waals surface area contributed by atoms with Gasteiger partial charge >= 0.3 is 0 Å². The molecule has 0 bridgehead atoms. The van der Waals surface area contributed by atoms with Crippen LogP contribution in [0.2, 0.25) is 0 Å². The fourth-order valence-electron chi connectivity index (χ4n) is 3.22. The first kappa shape index (κ1) is 19.6. The summed E-state index contributed by atoms with van der Waals surface area (Å²) in [6.45, 7) is 9.33. The average Bonchev–Trinajstić information content (AvgIpc) is 3.15. The van der Waals surface area contributed by atoms with Crippen LogP contribution < -0.4 is 10.1 Å². The highest BCUT2D eigenvalue weighted by Gasteiger charge is 2.27. The van der Waals surface area contributed by atoms with Gasteiger partial charge < -0.3 is 20.1 Å². The zero-order valence-corrected chi connectivity index (χ0v) is 16.1. The van der Waals surface area contributed by atoms with Crippen LogP contribution in [0, 0.1) is 0 Å². The molecule has 1 heterocycles. The maximum atomic E-state index is 10.5. The van der Waals surface area contributed by atoms with Gasteiger partial charge in [0.2, 0.25) is 0 Å². The molecule has 1 atom stereocenters. The van der Waals surface area contributed by atoms with E-state index in [1.165, 1.54) is 5.56 Å². The maximum absolute atomic E-state index is 10.5. The van der Waals surface area contributed by atoms with Crippen LogP contribution in [-0.4, -0.2) is 54.9 Å². The lowest BCUT2D eigenvalue weighted by Crippen LogP contribution is -2.41. The topological polar surface area (TPSA) is 57.1 Å². The van der Waals surface area contributed by atoms with Crippen molar-refractivity contribution in [1.82, 2.24) is 10.2 Å². The van der Waals surface area contributed by atoms with Crippen molar-refractivity contribution in [3.05, 3.63) is 29.8 Å². The van der Waals surface area contributed by atoms with E-state index in [-0.39, 0.29) is 0 Å². The van der Waals surface area contributed by atoms with Crippen LogP contribution in [0.3, 0.4) is 0 Å². The highest BCUT2D eigenvalue weighted by atomic mass is 16.5. The quantitative estimate of drug-likeness (QED) is 0.588. The van der Waals surface area contributed by atoms with E-state index >= 15 is 0 Å². The van der Waals surface area contributed by atoms with Crippen LogP contribution in [-0.2, 0) is 0 Å². The third-order valence-corrected chi connectivity index (χ3v) is 5.25. The lowest BCUT2D eigenvalue weighted by atomic mass is 9.98. The maximum Gasteiger partial charge on any atom is 0.194 e. The molecule has 2 rings (SSSR count). The van der Waals surface area contributed by atoms with Crippen molar-refractivity contribution >= 4 is 5.96 Å². The first-order valence-electron chi connectivity index (χ1n) is 9.44. The number of nitrogens with zero attached hydrogens (tertiary/aromatic N) is 2. The second-order valence-electron chi connectivity index (χ2n) is 6.81. The van der Waals surface area contributed by atoms with Crippen molar-refractivity contribution in [3.8, 4) is 5.75 Å². The zero-order chi connectivity index (χ0) is 18.3. The smallest absolute Gasteiger partial charge is 0.194 e. The molecule has 0 spiro atoms. The number of methoxy groups -OCH3 is 1. The van der Waals surface area contributed by atoms with Gasteiger partial charge in [0.1, 0.15) is 5.75 Å². The molecule has 0 amide bonds. The lowest BCUT2D eigenvalue weighted by Gasteiger charge is -2.26. The van der Waals surface area contributed by atoms with Gasteiger partial charge in [-0.25, -0.2) is 0 Å². The van der Waals surface area contributed by atoms with E-state index in [1.807, 2.05) is 26.0 Å². The van der Waals surface area contributed by atoms with E-state index in [4.69, 9.17) is 9.73 Å². The molecule has 5 nitrogen and oxygen atoms in total. The summed E-state index contributed by atoms with van der Waals surface area (Å²) in [4.78, 5) is 7.04. The number of hydrogen-bond donors (Lipinski definition) is 2. The molecule has 1 unspecified atom stereocenters. The number of rotatable bonds is 7. The summed E-state index contributed by atoms with van der Waals surface area (Å²) in [5.41, 5.74) is 0.647. The van der Waals surface area contributed by atoms with E-state index in [0.717, 1.165) is 50.6 Å². The Kier molecular flexibility index (Phi) is 7.12. The van der Waals surface area contributed by atoms with Crippen LogP contribution in [0.4, 0.5) is 0 Å². The molecule has 1 fully saturated rings. The number of ether oxygens (including phenoxy) is 1. The molecule has 5 heteroatoms. The standard InChI is InChI=1S/C20H33N3O2/c1-5-20(24,6-2)15-22-19(21-7-3)23-13-12-17(14-23)16-8-10-18(25-4)11-9-16/h8-11,17,24H,5-7,12-15H2,1-4H3,(H,21,22). The van der Waals surface area contributed by atoms with Gasteiger partial charge in [-0.2, -0.15) is 0 Å². The summed E-state index contributed by atoms with van der Waals surface area (Å²) in [5.74, 6) is 2.32. The minimum absolute atomic E-state index is 0.450. The Labute approximate surface area is 152 Å². The second kappa shape index (κ2) is 9.09. The van der Waals surface area contributed by atoms with E-state index < -0.39 is 5.60 Å². The van der Waals surface area contributed by atoms with Crippen molar-refractivity contribution in [1.29, 1.82) is 0 Å². The van der Waals surface area contributed by atoms with E-state index in [2.05, 4.69) is 29.3 Å². The molecule has 1 aliphatic heterocycles. The molecule has 1 saturated heterocycles. The largest absolute Gasteiger partial charge is 0.497 e. The zero-order valence-electron chi connectivity index (χ0n) is 16.1. The molecule has 1 aromatic carbocycles. The molecule has 1 aromatic rings. The highest BCUT2D eigenvalue weighted by molar-refractivity contribution is 5.80. The summed E-state index contributed by atoms with van der Waals surface area (Å²) >= 11 is 0. The summed E-state index contributed by atoms with van der Waals surface area (Å²) in [7, 11) is 1.69. The summed E-state index contributed by atoms with van der Waals surface area (Å²) in [6, 6.07) is 8.37. The lowest BCUT2D eigenvalue weighted by molar-refractivity contribution is 0.0416. The predicted octanol–water partition coefficient (Wildman–Crippen LogP) is 3.00. The Morgan fingerprint density at radius 3 is 2.52 bits per heavy atom. The van der Waals surface area contributed by atoms with Gasteiger partial charge in [0.05, 0.1) is 19.3 Å². The van der Waals surface area contributed by atoms with Gasteiger partial charge in [0, 0.05) is 25.6 Å². The normalized spacial score (nSPS) is 18.5. The fraction of sp³-hybridized carbons (Fsp3) is 0.650. The minimum Gasteiger partial charge on any atom is -0.497 e. The number of guanidine groups is 1. The molecule has 140 valence electrons. The number of benzene rings is 1. The molecule has 0 saturated carbocycles. The van der Waals surface area contributed by atoms with Gasteiger partial charge in [-0.1, -0.05) is 26.0 Å². The summed E-state index contributed by atoms with van der Waals surface area (Å²) < 4.78 is 5.24. The highest BCUT2D eigenvalue weighted by Crippen LogP contribution is 2.28. The Morgan fingerprint density at radius 1 is 1.28 bits per heavy atom. The number of likely N-dealkylation sites (tertiary alicyclic amines) is 1. The number of aliphatic hydroxyl groups is 1. The van der Waals surface area contributed by atoms with E-state index in [9.17, 15) is 5.11 Å². The van der Waals surface area contributed by atoms with Gasteiger partial charge in [-0.3, -0.25) is 4.99 Å². The van der Waals surface area contributed by atoms with E-state index in [0.29, 0.717) is 12.5 Å². The fourth-order valence-corrected chi connectivity index (χ4v) is 3.22. The number of aliphatic imine (C=N–C) groups is 1. The number of nitrogens with one attached hydrogen (secondary N) is 1. The molecular weight excluding hydrogens is 314 g/mol. The van der Waals surface area contributed by atoms with Gasteiger partial charge in [-0.15, -0.1) is 0 Å². The van der Waals surface area contributed by atoms with Crippen LogP contribution >= 0.6 is 0 Å². The molecule has 1 aliphatic rings. The first-order chi connectivity index (χ1) is 12.0. The molecule has 0 aromatic heterocycles. The van der Waals surface area contributed by atoms with Crippen LogP contribution in [0.5, 0.6) is 5.75 Å². The van der Waals surface area contributed by atoms with Crippen molar-refractivity contribution in [2.75, 3.05) is 33.3 Å².